The summed E-state index contributed by atoms with van der Waals surface area (Å²) in [4.78, 5) is 11.8. The van der Waals surface area contributed by atoms with Gasteiger partial charge in [0, 0.05) is 0 Å². The monoisotopic (exact) mass is 308 g/mol. The molecular weight excluding hydrogens is 297 g/mol. The zero-order chi connectivity index (χ0) is 16.0. The molecular formula is C15H11F3N2O2. The third-order valence-corrected chi connectivity index (χ3v) is 2.48. The number of ether oxygens (including phenoxy) is 1. The van der Waals surface area contributed by atoms with Gasteiger partial charge < -0.3 is 4.74 Å². The van der Waals surface area contributed by atoms with Crippen molar-refractivity contribution in [1.82, 2.24) is 0 Å². The quantitative estimate of drug-likeness (QED) is 0.404. The van der Waals surface area contributed by atoms with Gasteiger partial charge in [-0.2, -0.15) is 18.3 Å². The van der Waals surface area contributed by atoms with E-state index in [1.54, 1.807) is 30.3 Å². The van der Waals surface area contributed by atoms with E-state index in [4.69, 9.17) is 4.74 Å². The van der Waals surface area contributed by atoms with Crippen LogP contribution in [0, 0.1) is 0 Å². The van der Waals surface area contributed by atoms with Gasteiger partial charge in [0.1, 0.15) is 12.0 Å². The predicted octanol–water partition coefficient (Wildman–Crippen LogP) is 3.87. The fraction of sp³-hybridized carbons (Fsp3) is 0.0667. The standard InChI is InChI=1S/C15H11F3N2O2/c16-15(17,18)10-19-20-12-6-8-13(9-7-12)22-14(21)11-4-2-1-3-5-11/h1-10,20H/b19-10+. The lowest BCUT2D eigenvalue weighted by Crippen LogP contribution is -2.10. The number of benzene rings is 2. The maximum absolute atomic E-state index is 11.9. The number of carbonyl (C=O) groups excluding carboxylic acids is 1. The van der Waals surface area contributed by atoms with Gasteiger partial charge in [-0.15, -0.1) is 0 Å². The second-order valence-electron chi connectivity index (χ2n) is 4.19. The van der Waals surface area contributed by atoms with E-state index in [1.165, 1.54) is 24.3 Å². The van der Waals surface area contributed by atoms with Gasteiger partial charge in [0.2, 0.25) is 0 Å². The number of rotatable bonds is 4. The lowest BCUT2D eigenvalue weighted by atomic mass is 10.2. The van der Waals surface area contributed by atoms with E-state index < -0.39 is 12.1 Å². The van der Waals surface area contributed by atoms with Crippen LogP contribution in [0.4, 0.5) is 18.9 Å². The first-order chi connectivity index (χ1) is 10.4. The molecule has 0 amide bonds. The molecule has 0 aliphatic rings. The largest absolute Gasteiger partial charge is 0.428 e. The van der Waals surface area contributed by atoms with Crippen LogP contribution in [0.1, 0.15) is 10.4 Å². The molecule has 1 N–H and O–H groups in total. The minimum absolute atomic E-state index is 0.156. The first-order valence-electron chi connectivity index (χ1n) is 6.18. The van der Waals surface area contributed by atoms with Crippen LogP contribution in [0.25, 0.3) is 0 Å². The summed E-state index contributed by atoms with van der Waals surface area (Å²) in [7, 11) is 0. The topological polar surface area (TPSA) is 50.7 Å². The van der Waals surface area contributed by atoms with Gasteiger partial charge in [0.25, 0.3) is 0 Å². The number of esters is 1. The molecule has 2 rings (SSSR count). The Labute approximate surface area is 124 Å². The van der Waals surface area contributed by atoms with Gasteiger partial charge in [-0.1, -0.05) is 18.2 Å². The highest BCUT2D eigenvalue weighted by atomic mass is 19.4. The van der Waals surface area contributed by atoms with Crippen LogP contribution in [0.2, 0.25) is 0 Å². The molecule has 7 heteroatoms. The number of nitrogens with zero attached hydrogens (tertiary/aromatic N) is 1. The highest BCUT2D eigenvalue weighted by molar-refractivity contribution is 5.91. The highest BCUT2D eigenvalue weighted by Gasteiger charge is 2.23. The molecule has 0 bridgehead atoms. The van der Waals surface area contributed by atoms with Gasteiger partial charge in [-0.3, -0.25) is 5.43 Å². The molecule has 22 heavy (non-hydrogen) atoms. The van der Waals surface area contributed by atoms with Crippen molar-refractivity contribution in [2.45, 2.75) is 6.18 Å². The summed E-state index contributed by atoms with van der Waals surface area (Å²) in [5.41, 5.74) is 2.96. The number of anilines is 1. The van der Waals surface area contributed by atoms with E-state index in [1.807, 2.05) is 0 Å². The van der Waals surface area contributed by atoms with E-state index in [0.717, 1.165) is 0 Å². The number of halogens is 3. The normalized spacial score (nSPS) is 11.4. The Morgan fingerprint density at radius 3 is 2.27 bits per heavy atom. The van der Waals surface area contributed by atoms with Crippen LogP contribution >= 0.6 is 0 Å². The molecule has 0 aromatic heterocycles. The summed E-state index contributed by atoms with van der Waals surface area (Å²) in [5.74, 6) is -0.240. The molecule has 0 fully saturated rings. The minimum Gasteiger partial charge on any atom is -0.423 e. The third-order valence-electron chi connectivity index (χ3n) is 2.48. The Bertz CT molecular complexity index is 653. The predicted molar refractivity (Wildman–Crippen MR) is 76.0 cm³/mol. The van der Waals surface area contributed by atoms with Crippen LogP contribution in [0.5, 0.6) is 5.75 Å². The smallest absolute Gasteiger partial charge is 0.423 e. The lowest BCUT2D eigenvalue weighted by molar-refractivity contribution is -0.0536. The summed E-state index contributed by atoms with van der Waals surface area (Å²) >= 11 is 0. The first kappa shape index (κ1) is 15.6. The first-order valence-corrected chi connectivity index (χ1v) is 6.18. The van der Waals surface area contributed by atoms with Gasteiger partial charge >= 0.3 is 12.1 Å². The molecule has 0 saturated carbocycles. The molecule has 0 aliphatic heterocycles. The van der Waals surface area contributed by atoms with Crippen molar-refractivity contribution < 1.29 is 22.7 Å². The zero-order valence-electron chi connectivity index (χ0n) is 11.2. The minimum atomic E-state index is -4.47. The zero-order valence-corrected chi connectivity index (χ0v) is 11.2. The Morgan fingerprint density at radius 2 is 1.68 bits per heavy atom. The van der Waals surface area contributed by atoms with Crippen molar-refractivity contribution in [2.75, 3.05) is 5.43 Å². The highest BCUT2D eigenvalue weighted by Crippen LogP contribution is 2.17. The average molecular weight is 308 g/mol. The van der Waals surface area contributed by atoms with Gasteiger partial charge in [-0.05, 0) is 36.4 Å². The van der Waals surface area contributed by atoms with Crippen LogP contribution in [0.15, 0.2) is 59.7 Å². The molecule has 0 radical (unpaired) electrons. The number of hydrogen-bond acceptors (Lipinski definition) is 4. The molecule has 0 saturated heterocycles. The maximum atomic E-state index is 11.9. The van der Waals surface area contributed by atoms with Gasteiger partial charge in [0.05, 0.1) is 11.3 Å². The summed E-state index contributed by atoms with van der Waals surface area (Å²) in [5, 5.41) is 3.04. The Hall–Kier alpha value is -2.83. The van der Waals surface area contributed by atoms with Gasteiger partial charge in [-0.25, -0.2) is 4.79 Å². The summed E-state index contributed by atoms with van der Waals surface area (Å²) in [6, 6.07) is 14.2. The number of nitrogens with one attached hydrogen (secondary N) is 1. The maximum Gasteiger partial charge on any atom is 0.428 e. The van der Waals surface area contributed by atoms with Crippen LogP contribution in [0.3, 0.4) is 0 Å². The van der Waals surface area contributed by atoms with Crippen LogP contribution in [-0.2, 0) is 0 Å². The Balaban J connectivity index is 1.95. The summed E-state index contributed by atoms with van der Waals surface area (Å²) in [6.45, 7) is 0. The van der Waals surface area contributed by atoms with Gasteiger partial charge in [0.15, 0.2) is 0 Å². The fourth-order valence-electron chi connectivity index (χ4n) is 1.52. The fourth-order valence-corrected chi connectivity index (χ4v) is 1.52. The SMILES string of the molecule is O=C(Oc1ccc(N/N=C/C(F)(F)F)cc1)c1ccccc1. The summed E-state index contributed by atoms with van der Waals surface area (Å²) < 4.78 is 40.8. The van der Waals surface area contributed by atoms with Crippen LogP contribution < -0.4 is 10.2 Å². The molecule has 0 unspecified atom stereocenters. The second-order valence-corrected chi connectivity index (χ2v) is 4.19. The number of hydrazone groups is 1. The molecule has 2 aromatic carbocycles. The molecule has 0 aliphatic carbocycles. The Morgan fingerprint density at radius 1 is 1.05 bits per heavy atom. The number of carbonyl (C=O) groups is 1. The van der Waals surface area contributed by atoms with E-state index in [-0.39, 0.29) is 12.0 Å². The number of alkyl halides is 3. The Kier molecular flexibility index (Phi) is 4.77. The third kappa shape index (κ3) is 4.93. The summed E-state index contributed by atoms with van der Waals surface area (Å²) in [6.07, 6.45) is -4.63. The van der Waals surface area contributed by atoms with Crippen LogP contribution in [-0.4, -0.2) is 18.4 Å². The van der Waals surface area contributed by atoms with Crippen molar-refractivity contribution in [1.29, 1.82) is 0 Å². The number of hydrogen-bond donors (Lipinski definition) is 1. The van der Waals surface area contributed by atoms with Crippen molar-refractivity contribution >= 4 is 17.9 Å². The molecule has 0 heterocycles. The molecule has 2 aromatic rings. The molecule has 114 valence electrons. The van der Waals surface area contributed by atoms with E-state index in [9.17, 15) is 18.0 Å². The van der Waals surface area contributed by atoms with Crippen molar-refractivity contribution in [2.24, 2.45) is 5.10 Å². The molecule has 4 nitrogen and oxygen atoms in total. The van der Waals surface area contributed by atoms with E-state index in [2.05, 4.69) is 10.5 Å². The lowest BCUT2D eigenvalue weighted by Gasteiger charge is -2.05. The second kappa shape index (κ2) is 6.75. The molecule has 0 atom stereocenters. The van der Waals surface area contributed by atoms with Crippen molar-refractivity contribution in [3.8, 4) is 5.75 Å². The average Bonchev–Trinajstić information content (AvgIpc) is 2.49. The van der Waals surface area contributed by atoms with E-state index >= 15 is 0 Å². The van der Waals surface area contributed by atoms with E-state index in [0.29, 0.717) is 11.3 Å². The molecule has 0 spiro atoms. The van der Waals surface area contributed by atoms with Crippen molar-refractivity contribution in [3.63, 3.8) is 0 Å². The van der Waals surface area contributed by atoms with Crippen molar-refractivity contribution in [3.05, 3.63) is 60.2 Å².